The Balaban J connectivity index is 1.53. The smallest absolute Gasteiger partial charge is 0.145 e. The molecule has 0 amide bonds. The summed E-state index contributed by atoms with van der Waals surface area (Å²) in [6, 6.07) is 28.0. The number of aromatic nitrogens is 3. The van der Waals surface area contributed by atoms with E-state index in [0.717, 1.165) is 34.6 Å². The molecule has 3 aromatic heterocycles. The molecular formula is C31H20N4S. The van der Waals surface area contributed by atoms with Crippen molar-refractivity contribution in [2.75, 3.05) is 0 Å². The molecule has 1 aliphatic carbocycles. The minimum atomic E-state index is 0.170. The summed E-state index contributed by atoms with van der Waals surface area (Å²) in [5.41, 5.74) is 8.04. The molecule has 4 heterocycles. The van der Waals surface area contributed by atoms with Crippen LogP contribution < -0.4 is 0 Å². The lowest BCUT2D eigenvalue weighted by atomic mass is 9.79. The van der Waals surface area contributed by atoms with Gasteiger partial charge in [-0.15, -0.1) is 11.3 Å². The number of allylic oxidation sites excluding steroid dienone is 1. The lowest BCUT2D eigenvalue weighted by Crippen LogP contribution is -2.17. The van der Waals surface area contributed by atoms with Crippen LogP contribution in [-0.4, -0.2) is 20.7 Å². The van der Waals surface area contributed by atoms with Crippen LogP contribution in [0.5, 0.6) is 0 Å². The third-order valence-corrected chi connectivity index (χ3v) is 8.53. The normalized spacial score (nSPS) is 16.0. The summed E-state index contributed by atoms with van der Waals surface area (Å²) < 4.78 is 5.01. The van der Waals surface area contributed by atoms with Crippen molar-refractivity contribution in [3.63, 3.8) is 0 Å². The lowest BCUT2D eigenvalue weighted by Gasteiger charge is -2.29. The van der Waals surface area contributed by atoms with Gasteiger partial charge in [0.05, 0.1) is 21.8 Å². The van der Waals surface area contributed by atoms with Crippen molar-refractivity contribution in [2.45, 2.75) is 12.3 Å². The predicted octanol–water partition coefficient (Wildman–Crippen LogP) is 7.88. The Kier molecular flexibility index (Phi) is 4.19. The van der Waals surface area contributed by atoms with Crippen LogP contribution in [0.15, 0.2) is 102 Å². The van der Waals surface area contributed by atoms with Crippen LogP contribution in [0.1, 0.15) is 23.6 Å². The van der Waals surface area contributed by atoms with Gasteiger partial charge in [0.25, 0.3) is 0 Å². The van der Waals surface area contributed by atoms with Gasteiger partial charge in [-0.05, 0) is 30.2 Å². The van der Waals surface area contributed by atoms with E-state index in [1.54, 1.807) is 0 Å². The van der Waals surface area contributed by atoms with Gasteiger partial charge in [0.1, 0.15) is 5.82 Å². The molecule has 1 atom stereocenters. The maximum absolute atomic E-state index is 5.36. The van der Waals surface area contributed by atoms with Crippen LogP contribution in [0.3, 0.4) is 0 Å². The van der Waals surface area contributed by atoms with Gasteiger partial charge in [0, 0.05) is 62.9 Å². The summed E-state index contributed by atoms with van der Waals surface area (Å²) in [5, 5.41) is 2.59. The highest BCUT2D eigenvalue weighted by molar-refractivity contribution is 7.26. The molecule has 0 bridgehead atoms. The summed E-state index contributed by atoms with van der Waals surface area (Å²) in [6.45, 7) is 0. The van der Waals surface area contributed by atoms with Gasteiger partial charge in [-0.25, -0.2) is 4.98 Å². The van der Waals surface area contributed by atoms with E-state index in [4.69, 9.17) is 4.98 Å². The molecule has 8 rings (SSSR count). The number of hydrogen-bond donors (Lipinski definition) is 0. The molecule has 0 fully saturated rings. The molecule has 0 saturated heterocycles. The number of benzene rings is 3. The fourth-order valence-corrected chi connectivity index (χ4v) is 6.96. The van der Waals surface area contributed by atoms with Crippen molar-refractivity contribution in [1.82, 2.24) is 14.5 Å². The van der Waals surface area contributed by atoms with Crippen molar-refractivity contribution < 1.29 is 0 Å². The van der Waals surface area contributed by atoms with E-state index in [1.807, 2.05) is 36.1 Å². The van der Waals surface area contributed by atoms with Crippen molar-refractivity contribution in [3.05, 3.63) is 109 Å². The Morgan fingerprint density at radius 3 is 2.64 bits per heavy atom. The Morgan fingerprint density at radius 2 is 1.69 bits per heavy atom. The summed E-state index contributed by atoms with van der Waals surface area (Å²) in [5.74, 6) is 1.14. The maximum Gasteiger partial charge on any atom is 0.145 e. The molecule has 0 saturated carbocycles. The highest BCUT2D eigenvalue weighted by atomic mass is 32.1. The number of hydrogen-bond acceptors (Lipinski definition) is 4. The highest BCUT2D eigenvalue weighted by Gasteiger charge is 2.36. The minimum absolute atomic E-state index is 0.170. The molecule has 0 radical (unpaired) electrons. The van der Waals surface area contributed by atoms with Gasteiger partial charge in [0.15, 0.2) is 0 Å². The Bertz CT molecular complexity index is 1870. The number of fused-ring (bicyclic) bond motifs is 9. The minimum Gasteiger partial charge on any atom is -0.294 e. The highest BCUT2D eigenvalue weighted by Crippen LogP contribution is 2.51. The van der Waals surface area contributed by atoms with Crippen molar-refractivity contribution in [3.8, 4) is 28.3 Å². The second-order valence-electron chi connectivity index (χ2n) is 9.25. The van der Waals surface area contributed by atoms with E-state index in [0.29, 0.717) is 0 Å². The van der Waals surface area contributed by atoms with E-state index in [9.17, 15) is 0 Å². The van der Waals surface area contributed by atoms with Gasteiger partial charge >= 0.3 is 0 Å². The number of imidazole rings is 1. The Morgan fingerprint density at radius 1 is 0.833 bits per heavy atom. The fraction of sp³-hybridized carbons (Fsp3) is 0.0645. The van der Waals surface area contributed by atoms with Crippen LogP contribution in [0.2, 0.25) is 0 Å². The van der Waals surface area contributed by atoms with Gasteiger partial charge < -0.3 is 0 Å². The van der Waals surface area contributed by atoms with Crippen LogP contribution in [0, 0.1) is 0 Å². The summed E-state index contributed by atoms with van der Waals surface area (Å²) in [7, 11) is 0. The van der Waals surface area contributed by atoms with Gasteiger partial charge in [0.2, 0.25) is 0 Å². The number of pyridine rings is 1. The number of nitrogens with zero attached hydrogens (tertiary/aromatic N) is 4. The topological polar surface area (TPSA) is 43.1 Å². The maximum atomic E-state index is 5.36. The molecule has 1 aliphatic heterocycles. The van der Waals surface area contributed by atoms with E-state index in [-0.39, 0.29) is 5.92 Å². The van der Waals surface area contributed by atoms with E-state index in [1.165, 1.54) is 37.1 Å². The van der Waals surface area contributed by atoms with E-state index >= 15 is 0 Å². The largest absolute Gasteiger partial charge is 0.294 e. The first kappa shape index (κ1) is 19.9. The number of aliphatic imine (C=N–C) groups is 1. The molecule has 170 valence electrons. The summed E-state index contributed by atoms with van der Waals surface area (Å²) >= 11 is 1.86. The van der Waals surface area contributed by atoms with Crippen molar-refractivity contribution >= 4 is 43.3 Å². The molecule has 2 aliphatic rings. The molecule has 5 heteroatoms. The molecule has 1 unspecified atom stereocenters. The van der Waals surface area contributed by atoms with Gasteiger partial charge in [-0.1, -0.05) is 60.7 Å². The number of rotatable bonds is 2. The summed E-state index contributed by atoms with van der Waals surface area (Å²) in [6.07, 6.45) is 8.71. The van der Waals surface area contributed by atoms with Crippen molar-refractivity contribution in [2.24, 2.45) is 4.99 Å². The molecular weight excluding hydrogens is 460 g/mol. The lowest BCUT2D eigenvalue weighted by molar-refractivity contribution is 0.822. The second kappa shape index (κ2) is 7.57. The zero-order chi connectivity index (χ0) is 23.6. The van der Waals surface area contributed by atoms with Crippen LogP contribution in [0.25, 0.3) is 54.1 Å². The predicted molar refractivity (Wildman–Crippen MR) is 149 cm³/mol. The molecule has 3 aromatic carbocycles. The molecule has 0 N–H and O–H groups in total. The SMILES string of the molecule is C1=NC=C2c3cnccc3-c3nc(-c4ccccc4)n(-c4cccc5c4sc4ccccc45)c3C2C1. The van der Waals surface area contributed by atoms with Crippen molar-refractivity contribution in [1.29, 1.82) is 0 Å². The fourth-order valence-electron chi connectivity index (χ4n) is 5.75. The quantitative estimate of drug-likeness (QED) is 0.253. The molecule has 4 nitrogen and oxygen atoms in total. The average Bonchev–Trinajstić information content (AvgIpc) is 3.53. The average molecular weight is 481 g/mol. The third kappa shape index (κ3) is 2.72. The van der Waals surface area contributed by atoms with E-state index in [2.05, 4.69) is 93.4 Å². The standard InChI is InChI=1S/C31H20N4S/c1-2-7-19(8-3-1)31-34-28-21-13-15-32-17-24(21)25-18-33-16-14-22(25)29(28)35(31)26-11-6-10-23-20-9-4-5-12-27(20)36-30(23)26/h1-13,15-18,22H,14H2. The second-order valence-corrected chi connectivity index (χ2v) is 10.3. The van der Waals surface area contributed by atoms with Gasteiger partial charge in [-0.2, -0.15) is 0 Å². The molecule has 0 spiro atoms. The Labute approximate surface area is 211 Å². The van der Waals surface area contributed by atoms with Crippen LogP contribution >= 0.6 is 11.3 Å². The van der Waals surface area contributed by atoms with Crippen LogP contribution in [-0.2, 0) is 0 Å². The zero-order valence-corrected chi connectivity index (χ0v) is 20.1. The number of thiophene rings is 1. The zero-order valence-electron chi connectivity index (χ0n) is 19.3. The van der Waals surface area contributed by atoms with Crippen LogP contribution in [0.4, 0.5) is 0 Å². The first-order valence-electron chi connectivity index (χ1n) is 12.1. The first-order valence-corrected chi connectivity index (χ1v) is 13.0. The first-order chi connectivity index (χ1) is 17.9. The Hall–Kier alpha value is -4.35. The molecule has 36 heavy (non-hydrogen) atoms. The summed E-state index contributed by atoms with van der Waals surface area (Å²) in [4.78, 5) is 14.3. The monoisotopic (exact) mass is 480 g/mol. The van der Waals surface area contributed by atoms with Gasteiger partial charge in [-0.3, -0.25) is 14.5 Å². The third-order valence-electron chi connectivity index (χ3n) is 7.32. The van der Waals surface area contributed by atoms with E-state index < -0.39 is 0 Å². The molecule has 6 aromatic rings.